The molecule has 0 aliphatic heterocycles. The molecule has 0 atom stereocenters. The highest BCUT2D eigenvalue weighted by atomic mass is 35.7. The van der Waals surface area contributed by atoms with Gasteiger partial charge in [0.25, 0.3) is 0 Å². The van der Waals surface area contributed by atoms with Crippen LogP contribution < -0.4 is 28.1 Å². The summed E-state index contributed by atoms with van der Waals surface area (Å²) in [5.41, 5.74) is 4.64. The van der Waals surface area contributed by atoms with Crippen LogP contribution >= 0.6 is 11.5 Å². The van der Waals surface area contributed by atoms with Gasteiger partial charge in [0.1, 0.15) is 4.88 Å². The van der Waals surface area contributed by atoms with Gasteiger partial charge in [0.15, 0.2) is 11.5 Å². The van der Waals surface area contributed by atoms with E-state index in [0.717, 1.165) is 10.4 Å². The first-order valence-electron chi connectivity index (χ1n) is 6.88. The summed E-state index contributed by atoms with van der Waals surface area (Å²) in [6.45, 7) is 0. The standard InChI is InChI=1S/C16H12N2OS.ClHO4/c19-16(14-9-5-2-6-10-14)17-18-12-11-15(20-18)13-7-3-1-4-8-13;2-1(3,4)5/h1-12H;(H,2,3,4,5). The smallest absolute Gasteiger partial charge is 0.263 e. The molecule has 0 aliphatic carbocycles. The molecule has 3 rings (SSSR count). The van der Waals surface area contributed by atoms with Crippen LogP contribution in [0.1, 0.15) is 10.4 Å². The largest absolute Gasteiger partial charge is 0.306 e. The van der Waals surface area contributed by atoms with Gasteiger partial charge in [-0.25, -0.2) is 18.6 Å². The molecule has 25 heavy (non-hydrogen) atoms. The SMILES string of the molecule is O=C(N[n+]1ccc(-c2ccccc2)s1)c1ccccc1.[O-][Cl+3]([O-])([O-])[O-]. The molecule has 1 heterocycles. The van der Waals surface area contributed by atoms with Crippen molar-refractivity contribution in [3.8, 4) is 10.4 Å². The van der Waals surface area contributed by atoms with E-state index in [-0.39, 0.29) is 5.91 Å². The first kappa shape index (κ1) is 19.0. The molecule has 1 amide bonds. The summed E-state index contributed by atoms with van der Waals surface area (Å²) in [5, 5.41) is 0. The Labute approximate surface area is 149 Å². The monoisotopic (exact) mass is 380 g/mol. The number of amides is 1. The van der Waals surface area contributed by atoms with Gasteiger partial charge < -0.3 is 0 Å². The molecule has 130 valence electrons. The number of hydrogen-bond acceptors (Lipinski definition) is 6. The summed E-state index contributed by atoms with van der Waals surface area (Å²) in [7, 11) is -4.94. The predicted molar refractivity (Wildman–Crippen MR) is 80.1 cm³/mol. The van der Waals surface area contributed by atoms with Gasteiger partial charge in [0.05, 0.1) is 0 Å². The highest BCUT2D eigenvalue weighted by Crippen LogP contribution is 2.20. The molecule has 0 aliphatic rings. The van der Waals surface area contributed by atoms with Crippen LogP contribution in [-0.2, 0) is 0 Å². The number of aromatic nitrogens is 1. The first-order valence-corrected chi connectivity index (χ1v) is 8.89. The van der Waals surface area contributed by atoms with E-state index in [0.29, 0.717) is 5.56 Å². The van der Waals surface area contributed by atoms with Crippen molar-refractivity contribution >= 4 is 17.4 Å². The summed E-state index contributed by atoms with van der Waals surface area (Å²) in [5.74, 6) is -0.114. The van der Waals surface area contributed by atoms with Gasteiger partial charge in [-0.2, -0.15) is 0 Å². The molecule has 0 radical (unpaired) electrons. The summed E-state index contributed by atoms with van der Waals surface area (Å²) >= 11 is 1.49. The van der Waals surface area contributed by atoms with E-state index < -0.39 is 10.2 Å². The van der Waals surface area contributed by atoms with Crippen molar-refractivity contribution < 1.29 is 37.7 Å². The highest BCUT2D eigenvalue weighted by Gasteiger charge is 2.14. The van der Waals surface area contributed by atoms with Crippen LogP contribution in [0.3, 0.4) is 0 Å². The van der Waals surface area contributed by atoms with Crippen molar-refractivity contribution in [1.82, 2.24) is 0 Å². The fraction of sp³-hybridized carbons (Fsp3) is 0. The molecule has 0 fully saturated rings. The number of halogens is 1. The van der Waals surface area contributed by atoms with Crippen LogP contribution in [0.15, 0.2) is 72.9 Å². The van der Waals surface area contributed by atoms with Gasteiger partial charge in [0, 0.05) is 11.6 Å². The van der Waals surface area contributed by atoms with Gasteiger partial charge in [-0.1, -0.05) is 48.5 Å². The number of carbonyl (C=O) groups is 1. The molecule has 0 saturated heterocycles. The minimum Gasteiger partial charge on any atom is -0.263 e. The maximum Gasteiger partial charge on any atom is 0.306 e. The van der Waals surface area contributed by atoms with E-state index in [1.165, 1.54) is 11.5 Å². The summed E-state index contributed by atoms with van der Waals surface area (Å²) in [6.07, 6.45) is 1.86. The molecule has 0 bridgehead atoms. The van der Waals surface area contributed by atoms with Gasteiger partial charge in [0.2, 0.25) is 6.20 Å². The van der Waals surface area contributed by atoms with Crippen LogP contribution in [0, 0.1) is 10.2 Å². The minimum absolute atomic E-state index is 0.114. The first-order chi connectivity index (χ1) is 11.8. The van der Waals surface area contributed by atoms with Gasteiger partial charge in [-0.15, -0.1) is 15.7 Å². The Morgan fingerprint density at radius 3 is 1.96 bits per heavy atom. The van der Waals surface area contributed by atoms with E-state index in [4.69, 9.17) is 18.6 Å². The second kappa shape index (κ2) is 8.67. The maximum atomic E-state index is 12.0. The Balaban J connectivity index is 0.000000399. The molecule has 0 spiro atoms. The molecule has 9 heteroatoms. The highest BCUT2D eigenvalue weighted by molar-refractivity contribution is 7.05. The van der Waals surface area contributed by atoms with Crippen molar-refractivity contribution in [2.24, 2.45) is 0 Å². The Morgan fingerprint density at radius 2 is 1.40 bits per heavy atom. The Bertz CT molecular complexity index is 800. The fourth-order valence-corrected chi connectivity index (χ4v) is 2.69. The van der Waals surface area contributed by atoms with Crippen molar-refractivity contribution in [3.05, 3.63) is 78.5 Å². The third kappa shape index (κ3) is 6.98. The number of rotatable bonds is 3. The number of nitrogens with zero attached hydrogens (tertiary/aromatic N) is 1. The molecule has 7 nitrogen and oxygen atoms in total. The number of hydrogen-bond donors (Lipinski definition) is 1. The van der Waals surface area contributed by atoms with Crippen molar-refractivity contribution in [2.45, 2.75) is 0 Å². The Morgan fingerprint density at radius 1 is 0.880 bits per heavy atom. The van der Waals surface area contributed by atoms with Crippen molar-refractivity contribution in [3.63, 3.8) is 0 Å². The second-order valence-electron chi connectivity index (χ2n) is 4.65. The predicted octanol–water partition coefficient (Wildman–Crippen LogP) is -1.67. The number of carbonyl (C=O) groups excluding carboxylic acids is 1. The molecule has 1 N–H and O–H groups in total. The van der Waals surface area contributed by atoms with Gasteiger partial charge in [-0.05, 0) is 21.8 Å². The molecular weight excluding hydrogens is 368 g/mol. The average Bonchev–Trinajstić information content (AvgIpc) is 3.03. The van der Waals surface area contributed by atoms with Gasteiger partial charge in [-0.3, -0.25) is 4.79 Å². The molecule has 2 aromatic carbocycles. The zero-order valence-electron chi connectivity index (χ0n) is 12.7. The van der Waals surface area contributed by atoms with Crippen molar-refractivity contribution in [2.75, 3.05) is 5.43 Å². The lowest BCUT2D eigenvalue weighted by Gasteiger charge is -2.17. The molecule has 3 aromatic rings. The summed E-state index contributed by atoms with van der Waals surface area (Å²) in [6, 6.07) is 21.3. The maximum absolute atomic E-state index is 12.0. The number of nitrogens with one attached hydrogen (secondary N) is 1. The lowest BCUT2D eigenvalue weighted by Crippen LogP contribution is -2.68. The van der Waals surface area contributed by atoms with E-state index in [2.05, 4.69) is 17.6 Å². The average molecular weight is 381 g/mol. The molecule has 1 aromatic heterocycles. The number of benzene rings is 2. The molecule has 0 saturated carbocycles. The van der Waals surface area contributed by atoms with Crippen LogP contribution in [0.4, 0.5) is 0 Å². The second-order valence-corrected chi connectivity index (χ2v) is 6.42. The Kier molecular flexibility index (Phi) is 6.59. The van der Waals surface area contributed by atoms with E-state index in [1.807, 2.05) is 48.7 Å². The topological polar surface area (TPSA) is 125 Å². The third-order valence-electron chi connectivity index (χ3n) is 2.86. The quantitative estimate of drug-likeness (QED) is 0.544. The van der Waals surface area contributed by atoms with Crippen molar-refractivity contribution in [1.29, 1.82) is 0 Å². The van der Waals surface area contributed by atoms with Crippen LogP contribution in [0.2, 0.25) is 0 Å². The van der Waals surface area contributed by atoms with Crippen LogP contribution in [0.5, 0.6) is 0 Å². The lowest BCUT2D eigenvalue weighted by molar-refractivity contribution is -2.00. The normalized spacial score (nSPS) is 10.6. The molecular formula is C16H13ClN2O5S. The van der Waals surface area contributed by atoms with E-state index in [9.17, 15) is 4.79 Å². The minimum atomic E-state index is -4.94. The lowest BCUT2D eigenvalue weighted by atomic mass is 10.2. The zero-order valence-corrected chi connectivity index (χ0v) is 14.3. The van der Waals surface area contributed by atoms with Gasteiger partial charge >= 0.3 is 5.91 Å². The van der Waals surface area contributed by atoms with E-state index >= 15 is 0 Å². The molecule has 0 unspecified atom stereocenters. The Hall–Kier alpha value is -2.33. The van der Waals surface area contributed by atoms with Crippen LogP contribution in [0.25, 0.3) is 10.4 Å². The van der Waals surface area contributed by atoms with E-state index in [1.54, 1.807) is 16.2 Å². The fourth-order valence-electron chi connectivity index (χ4n) is 1.87. The summed E-state index contributed by atoms with van der Waals surface area (Å²) < 4.78 is 35.7. The third-order valence-corrected chi connectivity index (χ3v) is 3.84. The summed E-state index contributed by atoms with van der Waals surface area (Å²) in [4.78, 5) is 13.1. The van der Waals surface area contributed by atoms with Crippen LogP contribution in [-0.4, -0.2) is 5.91 Å². The zero-order chi connectivity index (χ0) is 18.3.